The number of carboxylic acids is 1. The summed E-state index contributed by atoms with van der Waals surface area (Å²) >= 11 is 11.0. The van der Waals surface area contributed by atoms with E-state index in [0.717, 1.165) is 5.56 Å². The van der Waals surface area contributed by atoms with Crippen molar-refractivity contribution in [1.82, 2.24) is 29.8 Å². The summed E-state index contributed by atoms with van der Waals surface area (Å²) in [6.45, 7) is 3.28. The molecular formula is C16H16ClF3N6O3S. The molecule has 1 atom stereocenters. The monoisotopic (exact) mass is 464 g/mol. The van der Waals surface area contributed by atoms with Crippen molar-refractivity contribution in [3.05, 3.63) is 50.5 Å². The highest BCUT2D eigenvalue weighted by Crippen LogP contribution is 2.13. The van der Waals surface area contributed by atoms with Crippen molar-refractivity contribution < 1.29 is 23.1 Å². The molecule has 0 bridgehead atoms. The van der Waals surface area contributed by atoms with Crippen molar-refractivity contribution in [2.24, 2.45) is 0 Å². The molecule has 0 aliphatic rings. The number of aliphatic carboxylic acids is 1. The van der Waals surface area contributed by atoms with Gasteiger partial charge < -0.3 is 15.4 Å². The third-order valence-corrected chi connectivity index (χ3v) is 4.26. The van der Waals surface area contributed by atoms with Gasteiger partial charge in [0.05, 0.1) is 6.33 Å². The number of nitrogens with one attached hydrogen (secondary N) is 3. The Labute approximate surface area is 176 Å². The first-order chi connectivity index (χ1) is 14.0. The van der Waals surface area contributed by atoms with E-state index in [1.165, 1.54) is 6.33 Å². The van der Waals surface area contributed by atoms with Crippen LogP contribution in [0.4, 0.5) is 13.2 Å². The Morgan fingerprint density at radius 1 is 1.40 bits per heavy atom. The van der Waals surface area contributed by atoms with Crippen LogP contribution in [0.2, 0.25) is 5.15 Å². The van der Waals surface area contributed by atoms with E-state index in [1.807, 2.05) is 13.0 Å². The van der Waals surface area contributed by atoms with E-state index < -0.39 is 12.1 Å². The fraction of sp³-hybridized carbons (Fsp3) is 0.312. The number of halogens is 4. The molecule has 0 amide bonds. The Bertz CT molecular complexity index is 1130. The first kappa shape index (κ1) is 23.5. The number of hydrogen-bond acceptors (Lipinski definition) is 6. The zero-order chi connectivity index (χ0) is 22.5. The van der Waals surface area contributed by atoms with Gasteiger partial charge >= 0.3 is 12.1 Å². The number of hydrogen-bond donors (Lipinski definition) is 4. The molecule has 3 heterocycles. The molecule has 30 heavy (non-hydrogen) atoms. The summed E-state index contributed by atoms with van der Waals surface area (Å²) in [6, 6.07) is 3.80. The van der Waals surface area contributed by atoms with Crippen molar-refractivity contribution in [3.63, 3.8) is 0 Å². The molecule has 3 rings (SSSR count). The normalized spacial score (nSPS) is 12.3. The number of alkyl halides is 3. The minimum atomic E-state index is -5.08. The number of carbonyl (C=O) groups is 1. The van der Waals surface area contributed by atoms with Gasteiger partial charge in [0.2, 0.25) is 0 Å². The molecule has 3 aromatic rings. The third kappa shape index (κ3) is 6.37. The van der Waals surface area contributed by atoms with E-state index in [9.17, 15) is 18.0 Å². The second-order valence-corrected chi connectivity index (χ2v) is 6.82. The van der Waals surface area contributed by atoms with Gasteiger partial charge in [-0.25, -0.2) is 14.8 Å². The summed E-state index contributed by atoms with van der Waals surface area (Å²) in [4.78, 5) is 34.4. The average Bonchev–Trinajstić information content (AvgIpc) is 3.15. The predicted octanol–water partition coefficient (Wildman–Crippen LogP) is 2.64. The SMILES string of the molecule is CC(Cn1c(=S)[nH]c(=O)c2[nH]cnc21)NCc1ccc(Cl)nc1.O=C(O)C(F)(F)F. The smallest absolute Gasteiger partial charge is 0.475 e. The molecule has 4 N–H and O–H groups in total. The van der Waals surface area contributed by atoms with E-state index in [4.69, 9.17) is 33.7 Å². The van der Waals surface area contributed by atoms with Crippen LogP contribution >= 0.6 is 23.8 Å². The van der Waals surface area contributed by atoms with Gasteiger partial charge in [0.25, 0.3) is 5.56 Å². The highest BCUT2D eigenvalue weighted by molar-refractivity contribution is 7.71. The van der Waals surface area contributed by atoms with Gasteiger partial charge in [-0.3, -0.25) is 14.3 Å². The standard InChI is InChI=1S/C14H15ClN6OS.C2HF3O2/c1-8(16-4-9-2-3-10(15)17-5-9)6-21-12-11(18-7-19-12)13(22)20-14(21)23;3-2(4,5)1(6)7/h2-3,5,7-8,16H,4,6H2,1H3,(H,18,19)(H,20,22,23);(H,6,7). The Kier molecular flexibility index (Phi) is 7.70. The van der Waals surface area contributed by atoms with Gasteiger partial charge in [-0.2, -0.15) is 13.2 Å². The van der Waals surface area contributed by atoms with Gasteiger partial charge in [-0.1, -0.05) is 17.7 Å². The summed E-state index contributed by atoms with van der Waals surface area (Å²) in [5.41, 5.74) is 1.76. The molecule has 0 aromatic carbocycles. The van der Waals surface area contributed by atoms with E-state index >= 15 is 0 Å². The number of nitrogens with zero attached hydrogens (tertiary/aromatic N) is 3. The largest absolute Gasteiger partial charge is 0.490 e. The Hall–Kier alpha value is -2.77. The highest BCUT2D eigenvalue weighted by atomic mass is 35.5. The average molecular weight is 465 g/mol. The third-order valence-electron chi connectivity index (χ3n) is 3.71. The molecule has 9 nitrogen and oxygen atoms in total. The summed E-state index contributed by atoms with van der Waals surface area (Å²) in [5, 5.41) is 11.0. The lowest BCUT2D eigenvalue weighted by molar-refractivity contribution is -0.192. The number of imidazole rings is 1. The minimum Gasteiger partial charge on any atom is -0.475 e. The van der Waals surface area contributed by atoms with Gasteiger partial charge in [0.15, 0.2) is 10.4 Å². The van der Waals surface area contributed by atoms with Crippen LogP contribution < -0.4 is 10.9 Å². The number of carboxylic acid groups (broad SMARTS) is 1. The second kappa shape index (κ2) is 9.82. The molecule has 0 fully saturated rings. The summed E-state index contributed by atoms with van der Waals surface area (Å²) in [7, 11) is 0. The number of pyridine rings is 1. The molecule has 0 aliphatic carbocycles. The molecule has 0 radical (unpaired) electrons. The van der Waals surface area contributed by atoms with Crippen LogP contribution in [0.5, 0.6) is 0 Å². The van der Waals surface area contributed by atoms with Gasteiger partial charge in [-0.15, -0.1) is 0 Å². The van der Waals surface area contributed by atoms with Crippen LogP contribution in [0.1, 0.15) is 12.5 Å². The molecule has 3 aromatic heterocycles. The fourth-order valence-corrected chi connectivity index (χ4v) is 2.66. The summed E-state index contributed by atoms with van der Waals surface area (Å²) < 4.78 is 33.9. The molecule has 162 valence electrons. The molecular weight excluding hydrogens is 449 g/mol. The van der Waals surface area contributed by atoms with Gasteiger partial charge in [0, 0.05) is 25.3 Å². The quantitative estimate of drug-likeness (QED) is 0.337. The lowest BCUT2D eigenvalue weighted by Gasteiger charge is -2.16. The first-order valence-electron chi connectivity index (χ1n) is 8.29. The molecule has 14 heteroatoms. The number of rotatable bonds is 5. The van der Waals surface area contributed by atoms with E-state index in [1.54, 1.807) is 16.8 Å². The van der Waals surface area contributed by atoms with E-state index in [-0.39, 0.29) is 11.6 Å². The second-order valence-electron chi connectivity index (χ2n) is 6.05. The zero-order valence-electron chi connectivity index (χ0n) is 15.3. The van der Waals surface area contributed by atoms with Crippen molar-refractivity contribution in [2.75, 3.05) is 0 Å². The van der Waals surface area contributed by atoms with Gasteiger partial charge in [0.1, 0.15) is 10.7 Å². The van der Waals surface area contributed by atoms with Crippen LogP contribution in [-0.2, 0) is 17.9 Å². The Morgan fingerprint density at radius 2 is 2.07 bits per heavy atom. The molecule has 0 spiro atoms. The molecule has 1 unspecified atom stereocenters. The minimum absolute atomic E-state index is 0.114. The highest BCUT2D eigenvalue weighted by Gasteiger charge is 2.38. The summed E-state index contributed by atoms with van der Waals surface area (Å²) in [6.07, 6.45) is -1.86. The van der Waals surface area contributed by atoms with Gasteiger partial charge in [-0.05, 0) is 30.8 Å². The lowest BCUT2D eigenvalue weighted by atomic mass is 10.2. The topological polar surface area (TPSA) is 129 Å². The fourth-order valence-electron chi connectivity index (χ4n) is 2.29. The van der Waals surface area contributed by atoms with E-state index in [2.05, 4.69) is 25.3 Å². The number of fused-ring (bicyclic) bond motifs is 1. The van der Waals surface area contributed by atoms with Crippen molar-refractivity contribution in [2.45, 2.75) is 32.2 Å². The molecule has 0 aliphatic heterocycles. The Balaban J connectivity index is 0.000000396. The van der Waals surface area contributed by atoms with E-state index in [0.29, 0.717) is 34.2 Å². The van der Waals surface area contributed by atoms with Crippen LogP contribution in [0.3, 0.4) is 0 Å². The van der Waals surface area contributed by atoms with Crippen molar-refractivity contribution in [1.29, 1.82) is 0 Å². The van der Waals surface area contributed by atoms with Crippen LogP contribution in [0, 0.1) is 4.77 Å². The summed E-state index contributed by atoms with van der Waals surface area (Å²) in [5.74, 6) is -2.76. The zero-order valence-corrected chi connectivity index (χ0v) is 16.9. The number of H-pyrrole nitrogens is 2. The van der Waals surface area contributed by atoms with Crippen molar-refractivity contribution in [3.8, 4) is 0 Å². The lowest BCUT2D eigenvalue weighted by Crippen LogP contribution is -2.31. The maximum Gasteiger partial charge on any atom is 0.490 e. The number of aromatic amines is 2. The predicted molar refractivity (Wildman–Crippen MR) is 105 cm³/mol. The first-order valence-corrected chi connectivity index (χ1v) is 9.07. The van der Waals surface area contributed by atoms with Crippen molar-refractivity contribution >= 4 is 41.0 Å². The Morgan fingerprint density at radius 3 is 2.63 bits per heavy atom. The van der Waals surface area contributed by atoms with Crippen LogP contribution in [0.15, 0.2) is 29.5 Å². The molecule has 0 saturated heterocycles. The molecule has 0 saturated carbocycles. The maximum atomic E-state index is 11.8. The van der Waals surface area contributed by atoms with Crippen LogP contribution in [-0.4, -0.2) is 47.8 Å². The van der Waals surface area contributed by atoms with Crippen LogP contribution in [0.25, 0.3) is 11.2 Å². The maximum absolute atomic E-state index is 11.8. The number of aromatic nitrogens is 5.